The van der Waals surface area contributed by atoms with Crippen molar-refractivity contribution in [3.8, 4) is 0 Å². The number of β-amino-alcohol motifs (C(OH)–C–C–N with tert-alkyl or cyclic N) is 2. The predicted molar refractivity (Wildman–Crippen MR) is 278 cm³/mol. The van der Waals surface area contributed by atoms with Crippen LogP contribution in [0.2, 0.25) is 0 Å². The summed E-state index contributed by atoms with van der Waals surface area (Å²) in [4.78, 5) is 144. The van der Waals surface area contributed by atoms with Crippen LogP contribution in [-0.2, 0) is 56.2 Å². The number of carboxylic acid groups (broad SMARTS) is 5. The number of H-pyrrole nitrogens is 1. The minimum atomic E-state index is -1.76. The Morgan fingerprint density at radius 3 is 1.84 bits per heavy atom. The van der Waals surface area contributed by atoms with Gasteiger partial charge in [-0.25, -0.2) is 4.98 Å². The van der Waals surface area contributed by atoms with Crippen LogP contribution in [-0.4, -0.2) is 258 Å². The third kappa shape index (κ3) is 20.8. The highest BCUT2D eigenvalue weighted by Crippen LogP contribution is 2.27. The Bertz CT molecular complexity index is 2620. The van der Waals surface area contributed by atoms with Crippen LogP contribution in [0.3, 0.4) is 0 Å². The summed E-state index contributed by atoms with van der Waals surface area (Å²) >= 11 is 0. The number of aromatic amines is 1. The topological polar surface area (TPSA) is 409 Å². The Hall–Kier alpha value is -7.83. The van der Waals surface area contributed by atoms with Crippen molar-refractivity contribution >= 4 is 76.1 Å². The third-order valence-electron chi connectivity index (χ3n) is 13.1. The molecule has 3 atom stereocenters. The molecule has 0 saturated carbocycles. The molecule has 0 radical (unpaired) electrons. The summed E-state index contributed by atoms with van der Waals surface area (Å²) in [6.45, 7) is -0.438. The number of nitrogens with zero attached hydrogens (tertiary/aromatic N) is 7. The quantitative estimate of drug-likeness (QED) is 0.0274. The number of fused-ring (bicyclic) bond motifs is 2. The van der Waals surface area contributed by atoms with Crippen molar-refractivity contribution in [2.75, 3.05) is 104 Å². The zero-order chi connectivity index (χ0) is 57.8. The lowest BCUT2D eigenvalue weighted by Gasteiger charge is -2.33. The molecule has 0 aliphatic carbocycles. The molecule has 29 nitrogen and oxygen atoms in total. The molecule has 432 valence electrons. The van der Waals surface area contributed by atoms with Gasteiger partial charge < -0.3 is 71.8 Å². The number of hydrogen-bond acceptors (Lipinski definition) is 18. The van der Waals surface area contributed by atoms with Crippen molar-refractivity contribution in [2.45, 2.75) is 76.0 Å². The molecule has 1 saturated heterocycles. The molecule has 1 fully saturated rings. The molecular formula is C50H70N12O17. The number of para-hydroxylation sites is 2. The lowest BCUT2D eigenvalue weighted by Crippen LogP contribution is -2.55. The van der Waals surface area contributed by atoms with Crippen molar-refractivity contribution in [1.82, 2.24) is 55.3 Å². The van der Waals surface area contributed by atoms with Crippen LogP contribution in [0.5, 0.6) is 0 Å². The molecule has 0 unspecified atom stereocenters. The van der Waals surface area contributed by atoms with Crippen LogP contribution in [0.4, 0.5) is 5.69 Å². The van der Waals surface area contributed by atoms with E-state index in [9.17, 15) is 83.7 Å². The molecule has 2 aromatic carbocycles. The maximum atomic E-state index is 13.9. The predicted octanol–water partition coefficient (Wildman–Crippen LogP) is -2.66. The Morgan fingerprint density at radius 2 is 1.28 bits per heavy atom. The highest BCUT2D eigenvalue weighted by atomic mass is 16.5. The van der Waals surface area contributed by atoms with Gasteiger partial charge in [-0.1, -0.05) is 12.1 Å². The van der Waals surface area contributed by atoms with Crippen molar-refractivity contribution in [1.29, 1.82) is 0 Å². The molecule has 12 N–H and O–H groups in total. The van der Waals surface area contributed by atoms with Gasteiger partial charge in [-0.3, -0.25) is 67.5 Å². The summed E-state index contributed by atoms with van der Waals surface area (Å²) < 4.78 is 0. The van der Waals surface area contributed by atoms with Crippen molar-refractivity contribution < 1.29 is 83.7 Å². The van der Waals surface area contributed by atoms with E-state index in [4.69, 9.17) is 0 Å². The van der Waals surface area contributed by atoms with Crippen LogP contribution in [0.25, 0.3) is 11.0 Å². The number of amides is 5. The van der Waals surface area contributed by atoms with Gasteiger partial charge in [-0.05, 0) is 55.2 Å². The Kier molecular flexibility index (Phi) is 23.8. The molecule has 2 aliphatic rings. The summed E-state index contributed by atoms with van der Waals surface area (Å²) in [6.07, 6.45) is -4.36. The minimum absolute atomic E-state index is 0.0304. The van der Waals surface area contributed by atoms with E-state index in [-0.39, 0.29) is 110 Å². The number of imidazole rings is 1. The molecule has 0 spiro atoms. The number of aliphatic carboxylic acids is 5. The fourth-order valence-electron chi connectivity index (χ4n) is 9.09. The van der Waals surface area contributed by atoms with Crippen LogP contribution in [0, 0.1) is 0 Å². The first-order chi connectivity index (χ1) is 37.5. The molecule has 5 rings (SSSR count). The van der Waals surface area contributed by atoms with Crippen molar-refractivity contribution in [2.24, 2.45) is 0 Å². The summed E-state index contributed by atoms with van der Waals surface area (Å²) in [5.74, 6) is -9.16. The van der Waals surface area contributed by atoms with E-state index in [2.05, 4.69) is 31.2 Å². The van der Waals surface area contributed by atoms with E-state index in [0.29, 0.717) is 17.1 Å². The van der Waals surface area contributed by atoms with Gasteiger partial charge >= 0.3 is 29.8 Å². The number of carbonyl (C=O) groups is 10. The number of rotatable bonds is 27. The summed E-state index contributed by atoms with van der Waals surface area (Å²) in [7, 11) is 1.61. The van der Waals surface area contributed by atoms with Gasteiger partial charge in [0.25, 0.3) is 5.91 Å². The van der Waals surface area contributed by atoms with Gasteiger partial charge in [-0.2, -0.15) is 0 Å². The number of aromatic nitrogens is 2. The highest BCUT2D eigenvalue weighted by Gasteiger charge is 2.33. The number of benzene rings is 2. The molecular weight excluding hydrogens is 1040 g/mol. The summed E-state index contributed by atoms with van der Waals surface area (Å²) in [5, 5.41) is 77.9. The third-order valence-corrected chi connectivity index (χ3v) is 13.1. The molecule has 29 heteroatoms. The van der Waals surface area contributed by atoms with Crippen LogP contribution in [0.1, 0.15) is 60.3 Å². The molecule has 2 aliphatic heterocycles. The second-order valence-corrected chi connectivity index (χ2v) is 19.4. The zero-order valence-corrected chi connectivity index (χ0v) is 43.8. The van der Waals surface area contributed by atoms with E-state index in [0.717, 1.165) is 11.0 Å². The average Bonchev–Trinajstić information content (AvgIpc) is 3.79. The van der Waals surface area contributed by atoms with Crippen molar-refractivity contribution in [3.63, 3.8) is 0 Å². The Balaban J connectivity index is 1.24. The van der Waals surface area contributed by atoms with Crippen LogP contribution < -0.4 is 21.3 Å². The number of aliphatic hydroxyl groups is 2. The molecule has 3 heterocycles. The largest absolute Gasteiger partial charge is 0.481 e. The number of carboxylic acids is 5. The van der Waals surface area contributed by atoms with Crippen LogP contribution in [0.15, 0.2) is 42.5 Å². The second kappa shape index (κ2) is 30.4. The number of aliphatic hydroxyl groups excluding tert-OH is 1. The number of hydrogen-bond donors (Lipinski definition) is 12. The molecule has 1 aromatic heterocycles. The lowest BCUT2D eigenvalue weighted by molar-refractivity contribution is -0.141. The maximum Gasteiger partial charge on any atom is 0.317 e. The number of anilines is 1. The van der Waals surface area contributed by atoms with Gasteiger partial charge in [0.15, 0.2) is 6.29 Å². The molecule has 5 amide bonds. The SMILES string of the molecule is CN(Cc1nc2ccccc2[nH]1)C(=O)c1ccc2c(c1)CN(CCCNC(=O)[C@H](CCC(=O)O)NC(=O)[C@@H](CCC(=O)O)NC(=O)CN1CCN(CC(=O)O)CCN(CC(=O)O)CCN(CC(O)O)CC1)C(=O)[C@@H](CC(=O)O)N2. The highest BCUT2D eigenvalue weighted by molar-refractivity contribution is 5.96. The summed E-state index contributed by atoms with van der Waals surface area (Å²) in [6, 6.07) is 7.90. The normalized spacial score (nSPS) is 17.0. The minimum Gasteiger partial charge on any atom is -0.481 e. The smallest absolute Gasteiger partial charge is 0.317 e. The van der Waals surface area contributed by atoms with Gasteiger partial charge in [0.05, 0.1) is 43.6 Å². The lowest BCUT2D eigenvalue weighted by atomic mass is 10.1. The van der Waals surface area contributed by atoms with Gasteiger partial charge in [0.1, 0.15) is 23.9 Å². The maximum absolute atomic E-state index is 13.9. The monoisotopic (exact) mass is 1110 g/mol. The van der Waals surface area contributed by atoms with Crippen LogP contribution >= 0.6 is 0 Å². The van der Waals surface area contributed by atoms with Gasteiger partial charge in [0, 0.05) is 110 Å². The molecule has 79 heavy (non-hydrogen) atoms. The molecule has 3 aromatic rings. The Morgan fingerprint density at radius 1 is 0.709 bits per heavy atom. The van der Waals surface area contributed by atoms with E-state index in [1.54, 1.807) is 44.8 Å². The van der Waals surface area contributed by atoms with E-state index in [1.165, 1.54) is 9.80 Å². The Labute approximate surface area is 453 Å². The fraction of sp³-hybridized carbons (Fsp3) is 0.540. The summed E-state index contributed by atoms with van der Waals surface area (Å²) in [5.41, 5.74) is 2.77. The van der Waals surface area contributed by atoms with E-state index < -0.39 is 123 Å². The fourth-order valence-corrected chi connectivity index (χ4v) is 9.09. The first-order valence-corrected chi connectivity index (χ1v) is 25.6. The standard InChI is InChI=1S/C50H70N12O17/c1-57(26-39-53-34-5-2-3-6-35(34)54-39)49(78)31-7-8-33-32(23-31)25-62(50(79)38(52-33)24-43(68)69)14-4-13-51-47(76)36(9-11-41(64)65)56-48(77)37(10-12-42(66)67)55-40(63)27-58-15-17-59(28-44(70)71)19-21-61(30-46(74)75)22-20-60(18-16-58)29-45(72)73/h2-3,5-8,23,36-38,44,52,70-71H,4,9-22,24-30H2,1H3,(H,51,76)(H,53,54)(H,55,63)(H,56,77)(H,64,65)(H,66,67)(H,68,69)(H,72,73)(H,74,75)/t36-,37+,38+/m0/s1. The number of nitrogens with one attached hydrogen (secondary N) is 5. The van der Waals surface area contributed by atoms with E-state index in [1.807, 2.05) is 24.3 Å². The van der Waals surface area contributed by atoms with Gasteiger partial charge in [0.2, 0.25) is 23.6 Å². The first kappa shape index (κ1) is 62.0. The van der Waals surface area contributed by atoms with Gasteiger partial charge in [-0.15, -0.1) is 0 Å². The second-order valence-electron chi connectivity index (χ2n) is 19.4. The first-order valence-electron chi connectivity index (χ1n) is 25.6. The average molecular weight is 1110 g/mol. The van der Waals surface area contributed by atoms with E-state index >= 15 is 0 Å². The zero-order valence-electron chi connectivity index (χ0n) is 43.8. The van der Waals surface area contributed by atoms with Crippen molar-refractivity contribution in [3.05, 3.63) is 59.4 Å². The number of carbonyl (C=O) groups excluding carboxylic acids is 5. The molecule has 0 bridgehead atoms.